The third kappa shape index (κ3) is 4.85. The standard InChI is InChI=1S/C28H35ClN4O2/c1-27(2)25(28(3,4)26(27)35-22-11-8-19(17-30)23(29)16-22)32-24(34)18-6-9-21(10-7-18)33-14-12-20(31-5)13-15-33/h6-11,16,20,25-26,31H,12-15H2,1-5H3,(H,32,34). The molecule has 35 heavy (non-hydrogen) atoms. The Morgan fingerprint density at radius 1 is 1.09 bits per heavy atom. The number of halogens is 1. The molecule has 7 heteroatoms. The first-order valence-electron chi connectivity index (χ1n) is 12.3. The molecule has 4 rings (SSSR count). The molecule has 2 fully saturated rings. The highest BCUT2D eigenvalue weighted by molar-refractivity contribution is 6.31. The second kappa shape index (κ2) is 9.72. The molecule has 0 radical (unpaired) electrons. The van der Waals surface area contributed by atoms with Crippen molar-refractivity contribution in [2.24, 2.45) is 10.8 Å². The number of carbonyl (C=O) groups is 1. The van der Waals surface area contributed by atoms with Crippen LogP contribution in [0, 0.1) is 22.2 Å². The molecule has 2 aromatic carbocycles. The Kier molecular flexibility index (Phi) is 7.04. The van der Waals surface area contributed by atoms with Crippen LogP contribution in [-0.4, -0.2) is 44.2 Å². The molecular formula is C28H35ClN4O2. The minimum absolute atomic E-state index is 0.0680. The van der Waals surface area contributed by atoms with Gasteiger partial charge in [0.15, 0.2) is 0 Å². The van der Waals surface area contributed by atoms with Crippen molar-refractivity contribution in [1.29, 1.82) is 5.26 Å². The van der Waals surface area contributed by atoms with Gasteiger partial charge in [-0.15, -0.1) is 0 Å². The molecule has 1 saturated carbocycles. The van der Waals surface area contributed by atoms with E-state index < -0.39 is 0 Å². The number of anilines is 1. The lowest BCUT2D eigenvalue weighted by Gasteiger charge is -2.63. The van der Waals surface area contributed by atoms with Crippen molar-refractivity contribution in [3.63, 3.8) is 0 Å². The molecule has 1 amide bonds. The maximum Gasteiger partial charge on any atom is 0.251 e. The number of amides is 1. The van der Waals surface area contributed by atoms with Crippen LogP contribution in [-0.2, 0) is 0 Å². The van der Waals surface area contributed by atoms with Gasteiger partial charge in [0.2, 0.25) is 0 Å². The number of nitrogens with one attached hydrogen (secondary N) is 2. The van der Waals surface area contributed by atoms with Crippen LogP contribution in [0.25, 0.3) is 0 Å². The smallest absolute Gasteiger partial charge is 0.251 e. The predicted molar refractivity (Wildman–Crippen MR) is 140 cm³/mol. The quantitative estimate of drug-likeness (QED) is 0.590. The molecule has 1 saturated heterocycles. The van der Waals surface area contributed by atoms with Gasteiger partial charge in [-0.2, -0.15) is 5.26 Å². The topological polar surface area (TPSA) is 77.4 Å². The monoisotopic (exact) mass is 494 g/mol. The van der Waals surface area contributed by atoms with Crippen molar-refractivity contribution >= 4 is 23.2 Å². The second-order valence-electron chi connectivity index (χ2n) is 10.9. The fraction of sp³-hybridized carbons (Fsp3) is 0.500. The van der Waals surface area contributed by atoms with Gasteiger partial charge in [0.1, 0.15) is 17.9 Å². The first-order valence-corrected chi connectivity index (χ1v) is 12.6. The summed E-state index contributed by atoms with van der Waals surface area (Å²) < 4.78 is 6.32. The van der Waals surface area contributed by atoms with Crippen LogP contribution >= 0.6 is 11.6 Å². The minimum Gasteiger partial charge on any atom is -0.489 e. The Morgan fingerprint density at radius 2 is 1.71 bits per heavy atom. The maximum absolute atomic E-state index is 13.2. The van der Waals surface area contributed by atoms with E-state index in [4.69, 9.17) is 21.6 Å². The third-order valence-corrected chi connectivity index (χ3v) is 8.14. The molecule has 186 valence electrons. The van der Waals surface area contributed by atoms with E-state index in [0.717, 1.165) is 31.6 Å². The van der Waals surface area contributed by atoms with Gasteiger partial charge < -0.3 is 20.3 Å². The summed E-state index contributed by atoms with van der Waals surface area (Å²) in [5.74, 6) is 0.552. The lowest BCUT2D eigenvalue weighted by atomic mass is 9.49. The number of nitriles is 1. The van der Waals surface area contributed by atoms with Crippen LogP contribution in [0.2, 0.25) is 5.02 Å². The molecule has 0 unspecified atom stereocenters. The van der Waals surface area contributed by atoms with Gasteiger partial charge >= 0.3 is 0 Å². The third-order valence-electron chi connectivity index (χ3n) is 7.83. The molecule has 2 aliphatic rings. The molecule has 0 aromatic heterocycles. The van der Waals surface area contributed by atoms with Gasteiger partial charge in [-0.25, -0.2) is 0 Å². The van der Waals surface area contributed by atoms with Crippen LogP contribution in [0.15, 0.2) is 42.5 Å². The van der Waals surface area contributed by atoms with Crippen LogP contribution < -0.4 is 20.3 Å². The number of nitrogens with zero attached hydrogens (tertiary/aromatic N) is 2. The number of benzene rings is 2. The van der Waals surface area contributed by atoms with Crippen molar-refractivity contribution in [1.82, 2.24) is 10.6 Å². The maximum atomic E-state index is 13.2. The molecule has 2 aromatic rings. The number of carbonyl (C=O) groups excluding carboxylic acids is 1. The molecular weight excluding hydrogens is 460 g/mol. The molecule has 6 nitrogen and oxygen atoms in total. The van der Waals surface area contributed by atoms with E-state index >= 15 is 0 Å². The van der Waals surface area contributed by atoms with E-state index in [0.29, 0.717) is 27.9 Å². The summed E-state index contributed by atoms with van der Waals surface area (Å²) in [6, 6.07) is 15.6. The van der Waals surface area contributed by atoms with Crippen molar-refractivity contribution in [3.8, 4) is 11.8 Å². The zero-order chi connectivity index (χ0) is 25.4. The summed E-state index contributed by atoms with van der Waals surface area (Å²) in [4.78, 5) is 15.5. The predicted octanol–water partition coefficient (Wildman–Crippen LogP) is 5.01. The largest absolute Gasteiger partial charge is 0.489 e. The number of ether oxygens (including phenoxy) is 1. The number of hydrogen-bond donors (Lipinski definition) is 2. The Bertz CT molecular complexity index is 1100. The van der Waals surface area contributed by atoms with E-state index in [1.807, 2.05) is 31.3 Å². The number of hydrogen-bond acceptors (Lipinski definition) is 5. The van der Waals surface area contributed by atoms with E-state index in [2.05, 4.69) is 49.3 Å². The summed E-state index contributed by atoms with van der Waals surface area (Å²) >= 11 is 6.19. The average Bonchev–Trinajstić information content (AvgIpc) is 2.85. The highest BCUT2D eigenvalue weighted by atomic mass is 35.5. The summed E-state index contributed by atoms with van der Waals surface area (Å²) in [5, 5.41) is 16.1. The number of rotatable bonds is 6. The summed E-state index contributed by atoms with van der Waals surface area (Å²) in [6.07, 6.45) is 2.12. The van der Waals surface area contributed by atoms with Crippen molar-refractivity contribution in [3.05, 3.63) is 58.6 Å². The highest BCUT2D eigenvalue weighted by Crippen LogP contribution is 2.55. The average molecular weight is 495 g/mol. The Morgan fingerprint density at radius 3 is 2.26 bits per heavy atom. The van der Waals surface area contributed by atoms with Crippen LogP contribution in [0.5, 0.6) is 5.75 Å². The molecule has 1 aliphatic heterocycles. The highest BCUT2D eigenvalue weighted by Gasteiger charge is 2.64. The summed E-state index contributed by atoms with van der Waals surface area (Å²) in [7, 11) is 2.02. The lowest BCUT2D eigenvalue weighted by molar-refractivity contribution is -0.164. The fourth-order valence-corrected chi connectivity index (χ4v) is 6.27. The van der Waals surface area contributed by atoms with Crippen molar-refractivity contribution < 1.29 is 9.53 Å². The van der Waals surface area contributed by atoms with Crippen LogP contribution in [0.3, 0.4) is 0 Å². The molecule has 0 spiro atoms. The minimum atomic E-state index is -0.295. The normalized spacial score (nSPS) is 23.2. The zero-order valence-corrected chi connectivity index (χ0v) is 21.9. The van der Waals surface area contributed by atoms with Gasteiger partial charge in [-0.05, 0) is 56.3 Å². The van der Waals surface area contributed by atoms with Gasteiger partial charge in [0, 0.05) is 53.3 Å². The fourth-order valence-electron chi connectivity index (χ4n) is 6.06. The summed E-state index contributed by atoms with van der Waals surface area (Å²) in [6.45, 7) is 10.5. The Balaban J connectivity index is 1.40. The van der Waals surface area contributed by atoms with E-state index in [1.54, 1.807) is 18.2 Å². The molecule has 1 heterocycles. The van der Waals surface area contributed by atoms with Gasteiger partial charge in [-0.1, -0.05) is 39.3 Å². The molecule has 2 N–H and O–H groups in total. The van der Waals surface area contributed by atoms with E-state index in [1.165, 1.54) is 0 Å². The molecule has 1 aliphatic carbocycles. The molecule has 0 atom stereocenters. The van der Waals surface area contributed by atoms with Gasteiger partial charge in [0.05, 0.1) is 10.6 Å². The van der Waals surface area contributed by atoms with Crippen molar-refractivity contribution in [2.75, 3.05) is 25.0 Å². The summed E-state index contributed by atoms with van der Waals surface area (Å²) in [5.41, 5.74) is 1.65. The number of piperidine rings is 1. The van der Waals surface area contributed by atoms with Crippen molar-refractivity contribution in [2.45, 2.75) is 58.7 Å². The first kappa shape index (κ1) is 25.3. The Hall–Kier alpha value is -2.75. The SMILES string of the molecule is CNC1CCN(c2ccc(C(=O)NC3C(C)(C)C(Oc4ccc(C#N)c(Cl)c4)C3(C)C)cc2)CC1. The van der Waals surface area contributed by atoms with E-state index in [-0.39, 0.29) is 28.9 Å². The Labute approximate surface area is 213 Å². The van der Waals surface area contributed by atoms with E-state index in [9.17, 15) is 4.79 Å². The zero-order valence-electron chi connectivity index (χ0n) is 21.2. The van der Waals surface area contributed by atoms with Crippen LogP contribution in [0.1, 0.15) is 56.5 Å². The first-order chi connectivity index (χ1) is 16.6. The van der Waals surface area contributed by atoms with Gasteiger partial charge in [-0.3, -0.25) is 4.79 Å². The lowest BCUT2D eigenvalue weighted by Crippen LogP contribution is -2.74. The van der Waals surface area contributed by atoms with Gasteiger partial charge in [0.25, 0.3) is 5.91 Å². The second-order valence-corrected chi connectivity index (χ2v) is 11.3. The van der Waals surface area contributed by atoms with Crippen LogP contribution in [0.4, 0.5) is 5.69 Å². The molecule has 0 bridgehead atoms.